The predicted octanol–water partition coefficient (Wildman–Crippen LogP) is 4.92. The number of Topliss-reactive ketones (excluding diaryl/α,β-unsaturated/α-hetero) is 1. The molecule has 0 amide bonds. The molecule has 3 aromatic rings. The van der Waals surface area contributed by atoms with Crippen molar-refractivity contribution in [1.29, 1.82) is 0 Å². The van der Waals surface area contributed by atoms with Crippen LogP contribution in [0.3, 0.4) is 0 Å². The van der Waals surface area contributed by atoms with Crippen LogP contribution < -0.4 is 14.8 Å². The molecule has 2 heterocycles. The van der Waals surface area contributed by atoms with E-state index in [9.17, 15) is 4.79 Å². The second-order valence-corrected chi connectivity index (χ2v) is 9.19. The third kappa shape index (κ3) is 4.11. The number of anilines is 1. The highest BCUT2D eigenvalue weighted by molar-refractivity contribution is 7.98. The summed E-state index contributed by atoms with van der Waals surface area (Å²) in [5.74, 6) is 2.86. The van der Waals surface area contributed by atoms with Crippen molar-refractivity contribution in [1.82, 2.24) is 14.8 Å². The van der Waals surface area contributed by atoms with Crippen LogP contribution in [0.15, 0.2) is 58.9 Å². The first-order valence-corrected chi connectivity index (χ1v) is 12.0. The number of benzene rings is 2. The minimum absolute atomic E-state index is 0.152. The van der Waals surface area contributed by atoms with Crippen LogP contribution in [0.2, 0.25) is 0 Å². The van der Waals surface area contributed by atoms with E-state index in [1.165, 1.54) is 11.1 Å². The van der Waals surface area contributed by atoms with E-state index in [2.05, 4.69) is 36.5 Å². The molecular formula is C25H26N4O3S. The fraction of sp³-hybridized carbons (Fsp3) is 0.320. The topological polar surface area (TPSA) is 78.3 Å². The standard InChI is InChI=1S/C25H26N4O3S/c1-15-6-4-7-16(12-15)14-33-25-27-24-26-18-8-5-9-19(30)22(18)23(29(24)28-25)17-10-11-20(31-2)21(13-17)32-3/h4,6-7,10-13,23H,5,8-9,14H2,1-3H3,(H,26,27,28)/t23-/m1/s1. The molecule has 0 radical (unpaired) electrons. The maximum atomic E-state index is 13.0. The molecule has 1 aliphatic heterocycles. The summed E-state index contributed by atoms with van der Waals surface area (Å²) in [4.78, 5) is 17.8. The molecule has 0 fully saturated rings. The van der Waals surface area contributed by atoms with Gasteiger partial charge in [-0.2, -0.15) is 4.98 Å². The van der Waals surface area contributed by atoms with E-state index in [4.69, 9.17) is 19.6 Å². The molecular weight excluding hydrogens is 436 g/mol. The molecule has 1 aromatic heterocycles. The van der Waals surface area contributed by atoms with E-state index in [0.29, 0.717) is 29.0 Å². The first-order chi connectivity index (χ1) is 16.1. The number of fused-ring (bicyclic) bond motifs is 1. The highest BCUT2D eigenvalue weighted by atomic mass is 32.2. The van der Waals surface area contributed by atoms with Crippen LogP contribution in [0.25, 0.3) is 0 Å². The molecule has 0 unspecified atom stereocenters. The molecule has 1 atom stereocenters. The van der Waals surface area contributed by atoms with Gasteiger partial charge in [-0.15, -0.1) is 5.10 Å². The fourth-order valence-electron chi connectivity index (χ4n) is 4.48. The summed E-state index contributed by atoms with van der Waals surface area (Å²) >= 11 is 1.59. The van der Waals surface area contributed by atoms with Crippen LogP contribution in [-0.4, -0.2) is 34.8 Å². The van der Waals surface area contributed by atoms with Gasteiger partial charge in [0.1, 0.15) is 6.04 Å². The van der Waals surface area contributed by atoms with Gasteiger partial charge in [-0.05, 0) is 43.0 Å². The van der Waals surface area contributed by atoms with Crippen molar-refractivity contribution < 1.29 is 14.3 Å². The lowest BCUT2D eigenvalue weighted by molar-refractivity contribution is -0.116. The number of allylic oxidation sites excluding steroid dienone is 2. The summed E-state index contributed by atoms with van der Waals surface area (Å²) in [6, 6.07) is 13.8. The zero-order valence-electron chi connectivity index (χ0n) is 18.9. The Bertz CT molecular complexity index is 1250. The Morgan fingerprint density at radius 2 is 1.97 bits per heavy atom. The molecule has 0 spiro atoms. The van der Waals surface area contributed by atoms with E-state index >= 15 is 0 Å². The number of aryl methyl sites for hydroxylation is 1. The maximum Gasteiger partial charge on any atom is 0.227 e. The number of nitrogens with one attached hydrogen (secondary N) is 1. The van der Waals surface area contributed by atoms with Gasteiger partial charge in [0.25, 0.3) is 0 Å². The predicted molar refractivity (Wildman–Crippen MR) is 128 cm³/mol. The lowest BCUT2D eigenvalue weighted by atomic mass is 9.85. The lowest BCUT2D eigenvalue weighted by Gasteiger charge is -2.32. The van der Waals surface area contributed by atoms with E-state index in [1.807, 2.05) is 22.9 Å². The Kier molecular flexibility index (Phi) is 5.85. The summed E-state index contributed by atoms with van der Waals surface area (Å²) < 4.78 is 12.8. The summed E-state index contributed by atoms with van der Waals surface area (Å²) in [7, 11) is 3.22. The number of nitrogens with zero attached hydrogens (tertiary/aromatic N) is 3. The van der Waals surface area contributed by atoms with Crippen molar-refractivity contribution in [2.24, 2.45) is 0 Å². The molecule has 33 heavy (non-hydrogen) atoms. The van der Waals surface area contributed by atoms with Crippen LogP contribution in [0.5, 0.6) is 11.5 Å². The molecule has 0 saturated carbocycles. The van der Waals surface area contributed by atoms with Crippen molar-refractivity contribution in [3.05, 3.63) is 70.4 Å². The van der Waals surface area contributed by atoms with Gasteiger partial charge in [0.05, 0.1) is 14.2 Å². The normalized spacial score (nSPS) is 17.3. The number of thioether (sulfide) groups is 1. The summed E-state index contributed by atoms with van der Waals surface area (Å²) in [5.41, 5.74) is 5.08. The summed E-state index contributed by atoms with van der Waals surface area (Å²) in [6.45, 7) is 2.09. The van der Waals surface area contributed by atoms with E-state index in [1.54, 1.807) is 26.0 Å². The first-order valence-electron chi connectivity index (χ1n) is 11.0. The summed E-state index contributed by atoms with van der Waals surface area (Å²) in [5, 5.41) is 8.88. The summed E-state index contributed by atoms with van der Waals surface area (Å²) in [6.07, 6.45) is 2.21. The zero-order valence-corrected chi connectivity index (χ0v) is 19.7. The Morgan fingerprint density at radius 1 is 1.12 bits per heavy atom. The number of carbonyl (C=O) groups excluding carboxylic acids is 1. The molecule has 2 aromatic carbocycles. The van der Waals surface area contributed by atoms with Crippen molar-refractivity contribution in [2.45, 2.75) is 43.1 Å². The highest BCUT2D eigenvalue weighted by Crippen LogP contribution is 2.42. The number of ketones is 1. The van der Waals surface area contributed by atoms with Crippen molar-refractivity contribution >= 4 is 23.5 Å². The van der Waals surface area contributed by atoms with Gasteiger partial charge in [0, 0.05) is 23.4 Å². The molecule has 1 N–H and O–H groups in total. The number of carbonyl (C=O) groups is 1. The molecule has 0 bridgehead atoms. The Balaban J connectivity index is 1.53. The lowest BCUT2D eigenvalue weighted by Crippen LogP contribution is -2.31. The van der Waals surface area contributed by atoms with Crippen molar-refractivity contribution in [2.75, 3.05) is 19.5 Å². The number of aromatic nitrogens is 3. The van der Waals surface area contributed by atoms with Gasteiger partial charge in [-0.25, -0.2) is 4.68 Å². The number of hydrogen-bond acceptors (Lipinski definition) is 7. The van der Waals surface area contributed by atoms with Crippen LogP contribution >= 0.6 is 11.8 Å². The van der Waals surface area contributed by atoms with Gasteiger partial charge in [-0.3, -0.25) is 4.79 Å². The van der Waals surface area contributed by atoms with Crippen LogP contribution in [0, 0.1) is 6.92 Å². The monoisotopic (exact) mass is 462 g/mol. The van der Waals surface area contributed by atoms with Crippen molar-refractivity contribution in [3.63, 3.8) is 0 Å². The van der Waals surface area contributed by atoms with E-state index in [0.717, 1.165) is 35.4 Å². The van der Waals surface area contributed by atoms with E-state index in [-0.39, 0.29) is 11.8 Å². The third-order valence-corrected chi connectivity index (χ3v) is 6.93. The molecule has 7 nitrogen and oxygen atoms in total. The van der Waals surface area contributed by atoms with Crippen LogP contribution in [0.4, 0.5) is 5.95 Å². The molecule has 5 rings (SSSR count). The average Bonchev–Trinajstić information content (AvgIpc) is 3.23. The second kappa shape index (κ2) is 8.94. The SMILES string of the molecule is COc1ccc([C@@H]2C3=C(CCCC3=O)Nc3nc(SCc4cccc(C)c4)nn32)cc1OC. The van der Waals surface area contributed by atoms with Crippen molar-refractivity contribution in [3.8, 4) is 11.5 Å². The first kappa shape index (κ1) is 21.6. The Labute approximate surface area is 197 Å². The minimum atomic E-state index is -0.357. The van der Waals surface area contributed by atoms with Crippen LogP contribution in [0.1, 0.15) is 42.0 Å². The highest BCUT2D eigenvalue weighted by Gasteiger charge is 2.37. The number of hydrogen-bond donors (Lipinski definition) is 1. The quantitative estimate of drug-likeness (QED) is 0.521. The van der Waals surface area contributed by atoms with Gasteiger partial charge >= 0.3 is 0 Å². The molecule has 2 aliphatic rings. The van der Waals surface area contributed by atoms with Gasteiger partial charge in [0.2, 0.25) is 11.1 Å². The molecule has 1 aliphatic carbocycles. The fourth-order valence-corrected chi connectivity index (χ4v) is 5.25. The van der Waals surface area contributed by atoms with Crippen LogP contribution in [-0.2, 0) is 10.5 Å². The third-order valence-electron chi connectivity index (χ3n) is 6.02. The smallest absolute Gasteiger partial charge is 0.227 e. The number of methoxy groups -OCH3 is 2. The second-order valence-electron chi connectivity index (χ2n) is 8.25. The van der Waals surface area contributed by atoms with Gasteiger partial charge in [0.15, 0.2) is 17.3 Å². The molecule has 8 heteroatoms. The average molecular weight is 463 g/mol. The van der Waals surface area contributed by atoms with E-state index < -0.39 is 0 Å². The molecule has 0 saturated heterocycles. The minimum Gasteiger partial charge on any atom is -0.493 e. The number of ether oxygens (including phenoxy) is 2. The van der Waals surface area contributed by atoms with Gasteiger partial charge < -0.3 is 14.8 Å². The Morgan fingerprint density at radius 3 is 2.76 bits per heavy atom. The maximum absolute atomic E-state index is 13.0. The largest absolute Gasteiger partial charge is 0.493 e. The molecule has 170 valence electrons. The Hall–Kier alpha value is -3.26. The number of rotatable bonds is 6. The van der Waals surface area contributed by atoms with Gasteiger partial charge in [-0.1, -0.05) is 47.7 Å². The zero-order chi connectivity index (χ0) is 22.9.